The van der Waals surface area contributed by atoms with Crippen LogP contribution in [0.15, 0.2) is 52.7 Å². The van der Waals surface area contributed by atoms with E-state index >= 15 is 0 Å². The fraction of sp³-hybridized carbons (Fsp3) is 0.520. The number of piperazine rings is 1. The third-order valence-electron chi connectivity index (χ3n) is 6.71. The topological polar surface area (TPSA) is 39.9 Å². The summed E-state index contributed by atoms with van der Waals surface area (Å²) in [6, 6.07) is 11.8. The molecule has 0 radical (unpaired) electrons. The molecule has 1 aliphatic carbocycles. The van der Waals surface area contributed by atoms with Gasteiger partial charge in [0.2, 0.25) is 0 Å². The van der Waals surface area contributed by atoms with Crippen LogP contribution in [0, 0.1) is 5.92 Å². The van der Waals surface area contributed by atoms with Crippen LogP contribution in [0.1, 0.15) is 37.0 Å². The van der Waals surface area contributed by atoms with E-state index in [1.807, 2.05) is 30.3 Å². The monoisotopic (exact) mass is 428 g/mol. The first-order valence-corrected chi connectivity index (χ1v) is 11.5. The molecular weight excluding hydrogens is 396 g/mol. The molecule has 30 heavy (non-hydrogen) atoms. The second kappa shape index (κ2) is 9.69. The van der Waals surface area contributed by atoms with Crippen molar-refractivity contribution in [3.8, 4) is 0 Å². The third-order valence-corrected chi connectivity index (χ3v) is 6.94. The van der Waals surface area contributed by atoms with Gasteiger partial charge >= 0.3 is 0 Å². The zero-order valence-electron chi connectivity index (χ0n) is 17.9. The summed E-state index contributed by atoms with van der Waals surface area (Å²) in [6.45, 7) is 5.32. The highest BCUT2D eigenvalue weighted by Crippen LogP contribution is 2.39. The highest BCUT2D eigenvalue weighted by molar-refractivity contribution is 6.30. The Balaban J connectivity index is 1.58. The number of halogens is 1. The lowest BCUT2D eigenvalue weighted by Crippen LogP contribution is -2.50. The van der Waals surface area contributed by atoms with E-state index in [1.54, 1.807) is 6.26 Å². The van der Waals surface area contributed by atoms with Crippen molar-refractivity contribution < 1.29 is 9.52 Å². The molecule has 2 unspecified atom stereocenters. The van der Waals surface area contributed by atoms with Crippen LogP contribution in [0.4, 0.5) is 0 Å². The largest absolute Gasteiger partial charge is 0.465 e. The first kappa shape index (κ1) is 21.6. The van der Waals surface area contributed by atoms with Crippen LogP contribution in [0.5, 0.6) is 0 Å². The van der Waals surface area contributed by atoms with Gasteiger partial charge in [0.15, 0.2) is 0 Å². The summed E-state index contributed by atoms with van der Waals surface area (Å²) < 4.78 is 5.55. The van der Waals surface area contributed by atoms with Crippen LogP contribution < -0.4 is 0 Å². The van der Waals surface area contributed by atoms with Crippen LogP contribution in [0.2, 0.25) is 5.02 Å². The summed E-state index contributed by atoms with van der Waals surface area (Å²) in [5, 5.41) is 12.8. The molecule has 2 aromatic rings. The summed E-state index contributed by atoms with van der Waals surface area (Å²) in [7, 11) is 2.18. The van der Waals surface area contributed by atoms with Gasteiger partial charge in [0.05, 0.1) is 11.9 Å². The molecule has 2 atom stereocenters. The molecule has 0 bridgehead atoms. The Morgan fingerprint density at radius 3 is 2.77 bits per heavy atom. The van der Waals surface area contributed by atoms with E-state index in [1.165, 1.54) is 5.57 Å². The van der Waals surface area contributed by atoms with E-state index in [-0.39, 0.29) is 5.92 Å². The Hall–Kier alpha value is -1.59. The molecule has 0 spiro atoms. The molecule has 1 aromatic heterocycles. The second-order valence-electron chi connectivity index (χ2n) is 9.10. The molecule has 5 heteroatoms. The van der Waals surface area contributed by atoms with Gasteiger partial charge in [0, 0.05) is 50.1 Å². The van der Waals surface area contributed by atoms with Crippen molar-refractivity contribution in [1.82, 2.24) is 9.80 Å². The lowest BCUT2D eigenvalue weighted by Gasteiger charge is -2.41. The van der Waals surface area contributed by atoms with E-state index in [4.69, 9.17) is 16.0 Å². The zero-order chi connectivity index (χ0) is 21.0. The minimum Gasteiger partial charge on any atom is -0.465 e. The minimum atomic E-state index is -0.789. The highest BCUT2D eigenvalue weighted by Gasteiger charge is 2.40. The molecule has 1 aromatic carbocycles. The van der Waals surface area contributed by atoms with E-state index in [0.29, 0.717) is 12.8 Å². The van der Waals surface area contributed by atoms with Gasteiger partial charge < -0.3 is 19.3 Å². The normalized spacial score (nSPS) is 28.0. The smallest absolute Gasteiger partial charge is 0.126 e. The van der Waals surface area contributed by atoms with Crippen molar-refractivity contribution in [3.63, 3.8) is 0 Å². The molecule has 1 aliphatic heterocycles. The predicted molar refractivity (Wildman–Crippen MR) is 123 cm³/mol. The van der Waals surface area contributed by atoms with Gasteiger partial charge in [0.25, 0.3) is 0 Å². The molecule has 2 fully saturated rings. The van der Waals surface area contributed by atoms with Gasteiger partial charge in [-0.3, -0.25) is 0 Å². The van der Waals surface area contributed by atoms with Gasteiger partial charge in [-0.15, -0.1) is 0 Å². The number of hydrogen-bond donors (Lipinski definition) is 1. The Labute approximate surface area is 185 Å². The molecule has 1 saturated heterocycles. The van der Waals surface area contributed by atoms with Crippen molar-refractivity contribution in [3.05, 3.63) is 64.6 Å². The molecule has 1 saturated carbocycles. The van der Waals surface area contributed by atoms with Crippen molar-refractivity contribution in [2.45, 2.75) is 37.7 Å². The maximum atomic E-state index is 12.1. The van der Waals surface area contributed by atoms with Crippen LogP contribution in [0.25, 0.3) is 6.08 Å². The summed E-state index contributed by atoms with van der Waals surface area (Å²) in [6.07, 6.45) is 8.29. The molecule has 2 aliphatic rings. The van der Waals surface area contributed by atoms with Gasteiger partial charge in [-0.2, -0.15) is 0 Å². The molecular formula is C25H33ClN2O2. The van der Waals surface area contributed by atoms with E-state index in [2.05, 4.69) is 29.0 Å². The lowest BCUT2D eigenvalue weighted by atomic mass is 9.77. The van der Waals surface area contributed by atoms with E-state index in [9.17, 15) is 5.11 Å². The summed E-state index contributed by atoms with van der Waals surface area (Å²) in [5.74, 6) is 1.11. The van der Waals surface area contributed by atoms with Gasteiger partial charge in [-0.05, 0) is 68.6 Å². The fourth-order valence-corrected chi connectivity index (χ4v) is 5.19. The number of benzene rings is 1. The average Bonchev–Trinajstić information content (AvgIpc) is 3.16. The number of likely N-dealkylation sites (N-methyl/N-ethyl adjacent to an activating group) is 1. The Kier molecular flexibility index (Phi) is 6.99. The first-order chi connectivity index (χ1) is 14.5. The summed E-state index contributed by atoms with van der Waals surface area (Å²) in [5.41, 5.74) is 1.59. The fourth-order valence-electron chi connectivity index (χ4n) is 4.98. The van der Waals surface area contributed by atoms with Crippen LogP contribution in [-0.2, 0) is 6.42 Å². The number of aliphatic hydroxyl groups is 1. The van der Waals surface area contributed by atoms with Crippen molar-refractivity contribution >= 4 is 17.7 Å². The lowest BCUT2D eigenvalue weighted by molar-refractivity contribution is -0.0347. The molecule has 4 nitrogen and oxygen atoms in total. The molecule has 2 heterocycles. The highest BCUT2D eigenvalue weighted by atomic mass is 35.5. The van der Waals surface area contributed by atoms with E-state index in [0.717, 1.165) is 68.3 Å². The summed E-state index contributed by atoms with van der Waals surface area (Å²) in [4.78, 5) is 4.92. The van der Waals surface area contributed by atoms with Crippen molar-refractivity contribution in [1.29, 1.82) is 0 Å². The Morgan fingerprint density at radius 2 is 2.03 bits per heavy atom. The SMILES string of the molecule is CN1CCN(CC2CCC/C(=C/c3ccco3)CC2(O)Cc2cccc(Cl)c2)CC1. The number of furan rings is 1. The predicted octanol–water partition coefficient (Wildman–Crippen LogP) is 4.73. The van der Waals surface area contributed by atoms with Crippen molar-refractivity contribution in [2.24, 2.45) is 5.92 Å². The average molecular weight is 429 g/mol. The number of nitrogens with zero attached hydrogens (tertiary/aromatic N) is 2. The van der Waals surface area contributed by atoms with E-state index < -0.39 is 5.60 Å². The Morgan fingerprint density at radius 1 is 1.20 bits per heavy atom. The Bertz CT molecular complexity index is 843. The second-order valence-corrected chi connectivity index (χ2v) is 9.53. The number of hydrogen-bond acceptors (Lipinski definition) is 4. The summed E-state index contributed by atoms with van der Waals surface area (Å²) >= 11 is 6.25. The van der Waals surface area contributed by atoms with Crippen LogP contribution in [-0.4, -0.2) is 60.3 Å². The number of rotatable bonds is 5. The first-order valence-electron chi connectivity index (χ1n) is 11.1. The van der Waals surface area contributed by atoms with Crippen LogP contribution >= 0.6 is 11.6 Å². The molecule has 162 valence electrons. The quantitative estimate of drug-likeness (QED) is 0.699. The minimum absolute atomic E-state index is 0.238. The molecule has 4 rings (SSSR count). The van der Waals surface area contributed by atoms with Crippen LogP contribution in [0.3, 0.4) is 0 Å². The molecule has 1 N–H and O–H groups in total. The maximum Gasteiger partial charge on any atom is 0.126 e. The van der Waals surface area contributed by atoms with Crippen molar-refractivity contribution in [2.75, 3.05) is 39.8 Å². The van der Waals surface area contributed by atoms with Gasteiger partial charge in [0.1, 0.15) is 5.76 Å². The molecule has 0 amide bonds. The third kappa shape index (κ3) is 5.55. The maximum absolute atomic E-state index is 12.1. The standard InChI is InChI=1S/C25H33ClN2O2/c1-27-10-12-28(13-11-27)19-22-7-2-5-21(16-24-9-4-14-30-24)18-25(22,29)17-20-6-3-8-23(26)15-20/h3-4,6,8-9,14-16,22,29H,2,5,7,10-13,17-19H2,1H3/b21-16-. The van der Waals surface area contributed by atoms with Gasteiger partial charge in [-0.25, -0.2) is 0 Å². The zero-order valence-corrected chi connectivity index (χ0v) is 18.7. The van der Waals surface area contributed by atoms with Gasteiger partial charge in [-0.1, -0.05) is 29.3 Å².